The molecule has 0 atom stereocenters. The molecule has 0 spiro atoms. The summed E-state index contributed by atoms with van der Waals surface area (Å²) in [6, 6.07) is 18.9. The van der Waals surface area contributed by atoms with Crippen molar-refractivity contribution in [2.75, 3.05) is 11.2 Å². The van der Waals surface area contributed by atoms with Crippen LogP contribution in [0.5, 0.6) is 0 Å². The number of hydrogen-bond donors (Lipinski definition) is 2. The van der Waals surface area contributed by atoms with Crippen molar-refractivity contribution in [1.82, 2.24) is 5.43 Å². The standard InChI is InChI=1S/C18H24N2S/c1-2-3-7-13-21-18-12-8-9-16(14-18)15-19-20-17-10-5-4-6-11-17/h4-6,8-12,14,19-20H,2-3,7,13,15H2,1H3. The minimum absolute atomic E-state index is 0.818. The van der Waals surface area contributed by atoms with E-state index in [0.29, 0.717) is 0 Å². The van der Waals surface area contributed by atoms with E-state index in [1.54, 1.807) is 0 Å². The zero-order valence-electron chi connectivity index (χ0n) is 12.6. The third kappa shape index (κ3) is 6.23. The molecule has 2 aromatic carbocycles. The summed E-state index contributed by atoms with van der Waals surface area (Å²) in [6.45, 7) is 3.06. The number of para-hydroxylation sites is 1. The average molecular weight is 300 g/mol. The molecule has 0 heterocycles. The Morgan fingerprint density at radius 3 is 2.62 bits per heavy atom. The van der Waals surface area contributed by atoms with Crippen molar-refractivity contribution in [3.8, 4) is 0 Å². The van der Waals surface area contributed by atoms with Gasteiger partial charge in [0.2, 0.25) is 0 Å². The lowest BCUT2D eigenvalue weighted by atomic mass is 10.2. The van der Waals surface area contributed by atoms with Crippen molar-refractivity contribution in [3.63, 3.8) is 0 Å². The van der Waals surface area contributed by atoms with E-state index < -0.39 is 0 Å². The molecular formula is C18H24N2S. The Balaban J connectivity index is 1.75. The molecule has 2 rings (SSSR count). The molecule has 0 aliphatic rings. The topological polar surface area (TPSA) is 24.1 Å². The van der Waals surface area contributed by atoms with Gasteiger partial charge >= 0.3 is 0 Å². The molecule has 2 aromatic rings. The Hall–Kier alpha value is -1.45. The van der Waals surface area contributed by atoms with Gasteiger partial charge in [0.05, 0.1) is 0 Å². The van der Waals surface area contributed by atoms with Crippen LogP contribution < -0.4 is 10.9 Å². The Labute approximate surface area is 132 Å². The Morgan fingerprint density at radius 2 is 1.81 bits per heavy atom. The molecule has 0 aliphatic carbocycles. The number of unbranched alkanes of at least 4 members (excludes halogenated alkanes) is 2. The Kier molecular flexibility index (Phi) is 7.19. The number of hydrogen-bond acceptors (Lipinski definition) is 3. The molecule has 0 saturated carbocycles. The van der Waals surface area contributed by atoms with Gasteiger partial charge in [-0.15, -0.1) is 11.8 Å². The van der Waals surface area contributed by atoms with Crippen molar-refractivity contribution in [2.45, 2.75) is 37.6 Å². The van der Waals surface area contributed by atoms with E-state index in [2.05, 4.69) is 42.0 Å². The molecule has 0 aliphatic heterocycles. The first-order valence-electron chi connectivity index (χ1n) is 7.64. The molecule has 0 amide bonds. The summed E-state index contributed by atoms with van der Waals surface area (Å²) >= 11 is 1.96. The lowest BCUT2D eigenvalue weighted by Gasteiger charge is -2.09. The summed E-state index contributed by atoms with van der Waals surface area (Å²) in [5.74, 6) is 1.22. The zero-order chi connectivity index (χ0) is 14.8. The minimum atomic E-state index is 0.818. The fourth-order valence-electron chi connectivity index (χ4n) is 2.06. The van der Waals surface area contributed by atoms with Crippen molar-refractivity contribution in [1.29, 1.82) is 0 Å². The van der Waals surface area contributed by atoms with Gasteiger partial charge in [0.25, 0.3) is 0 Å². The SMILES string of the molecule is CCCCCSc1cccc(CNNc2ccccc2)c1. The molecule has 3 heteroatoms. The molecular weight excluding hydrogens is 276 g/mol. The predicted octanol–water partition coefficient (Wildman–Crippen LogP) is 5.09. The van der Waals surface area contributed by atoms with Crippen LogP contribution in [0.25, 0.3) is 0 Å². The van der Waals surface area contributed by atoms with Gasteiger partial charge < -0.3 is 5.43 Å². The van der Waals surface area contributed by atoms with Gasteiger partial charge in [0.1, 0.15) is 0 Å². The maximum absolute atomic E-state index is 3.26. The van der Waals surface area contributed by atoms with Crippen LogP contribution in [0.15, 0.2) is 59.5 Å². The highest BCUT2D eigenvalue weighted by Crippen LogP contribution is 2.20. The lowest BCUT2D eigenvalue weighted by molar-refractivity contribution is 0.778. The quantitative estimate of drug-likeness (QED) is 0.383. The first-order valence-corrected chi connectivity index (χ1v) is 8.62. The van der Waals surface area contributed by atoms with Crippen LogP contribution in [0, 0.1) is 0 Å². The minimum Gasteiger partial charge on any atom is -0.321 e. The summed E-state index contributed by atoms with van der Waals surface area (Å²) in [5, 5.41) is 0. The molecule has 0 unspecified atom stereocenters. The monoisotopic (exact) mass is 300 g/mol. The van der Waals surface area contributed by atoms with Gasteiger partial charge in [-0.1, -0.05) is 50.1 Å². The first kappa shape index (κ1) is 15.9. The van der Waals surface area contributed by atoms with Crippen LogP contribution in [-0.2, 0) is 6.54 Å². The third-order valence-electron chi connectivity index (χ3n) is 3.21. The van der Waals surface area contributed by atoms with Gasteiger partial charge in [-0.25, -0.2) is 5.43 Å². The summed E-state index contributed by atoms with van der Waals surface area (Å²) < 4.78 is 0. The fraction of sp³-hybridized carbons (Fsp3) is 0.333. The highest BCUT2D eigenvalue weighted by molar-refractivity contribution is 7.99. The van der Waals surface area contributed by atoms with Crippen molar-refractivity contribution in [3.05, 3.63) is 60.2 Å². The lowest BCUT2D eigenvalue weighted by Crippen LogP contribution is -2.20. The van der Waals surface area contributed by atoms with Gasteiger partial charge in [-0.05, 0) is 42.0 Å². The van der Waals surface area contributed by atoms with E-state index >= 15 is 0 Å². The second-order valence-corrected chi connectivity index (χ2v) is 6.22. The largest absolute Gasteiger partial charge is 0.321 e. The molecule has 21 heavy (non-hydrogen) atoms. The van der Waals surface area contributed by atoms with Gasteiger partial charge in [0.15, 0.2) is 0 Å². The number of thioether (sulfide) groups is 1. The van der Waals surface area contributed by atoms with Crippen LogP contribution in [0.2, 0.25) is 0 Å². The van der Waals surface area contributed by atoms with Gasteiger partial charge in [0, 0.05) is 17.1 Å². The highest BCUT2D eigenvalue weighted by atomic mass is 32.2. The molecule has 0 aromatic heterocycles. The summed E-state index contributed by atoms with van der Waals surface area (Å²) in [6.07, 6.45) is 3.92. The van der Waals surface area contributed by atoms with E-state index in [1.165, 1.54) is 35.5 Å². The normalized spacial score (nSPS) is 10.5. The summed E-state index contributed by atoms with van der Waals surface area (Å²) in [4.78, 5) is 1.37. The van der Waals surface area contributed by atoms with E-state index in [4.69, 9.17) is 0 Å². The number of rotatable bonds is 9. The molecule has 0 fully saturated rings. The number of hydrazine groups is 1. The number of anilines is 1. The van der Waals surface area contributed by atoms with Crippen LogP contribution in [0.3, 0.4) is 0 Å². The van der Waals surface area contributed by atoms with Crippen molar-refractivity contribution >= 4 is 17.4 Å². The van der Waals surface area contributed by atoms with Crippen LogP contribution in [0.1, 0.15) is 31.7 Å². The van der Waals surface area contributed by atoms with Crippen LogP contribution in [-0.4, -0.2) is 5.75 Å². The Bertz CT molecular complexity index is 514. The first-order chi connectivity index (χ1) is 10.4. The molecule has 0 bridgehead atoms. The zero-order valence-corrected chi connectivity index (χ0v) is 13.5. The molecule has 2 N–H and O–H groups in total. The highest BCUT2D eigenvalue weighted by Gasteiger charge is 1.97. The van der Waals surface area contributed by atoms with E-state index in [-0.39, 0.29) is 0 Å². The van der Waals surface area contributed by atoms with Gasteiger partial charge in [-0.2, -0.15) is 0 Å². The number of nitrogens with one attached hydrogen (secondary N) is 2. The molecule has 112 valence electrons. The molecule has 0 radical (unpaired) electrons. The number of benzene rings is 2. The second-order valence-electron chi connectivity index (χ2n) is 5.05. The maximum Gasteiger partial charge on any atom is 0.0487 e. The van der Waals surface area contributed by atoms with E-state index in [1.807, 2.05) is 42.1 Å². The second kappa shape index (κ2) is 9.48. The average Bonchev–Trinajstić information content (AvgIpc) is 2.53. The molecule has 0 saturated heterocycles. The van der Waals surface area contributed by atoms with Crippen molar-refractivity contribution < 1.29 is 0 Å². The fourth-order valence-corrected chi connectivity index (χ4v) is 3.05. The van der Waals surface area contributed by atoms with E-state index in [9.17, 15) is 0 Å². The van der Waals surface area contributed by atoms with Gasteiger partial charge in [-0.3, -0.25) is 0 Å². The van der Waals surface area contributed by atoms with Crippen molar-refractivity contribution in [2.24, 2.45) is 0 Å². The summed E-state index contributed by atoms with van der Waals surface area (Å²) in [7, 11) is 0. The third-order valence-corrected chi connectivity index (χ3v) is 4.29. The van der Waals surface area contributed by atoms with Crippen LogP contribution in [0.4, 0.5) is 5.69 Å². The van der Waals surface area contributed by atoms with E-state index in [0.717, 1.165) is 12.2 Å². The Morgan fingerprint density at radius 1 is 0.952 bits per heavy atom. The molecule has 2 nitrogen and oxygen atoms in total. The summed E-state index contributed by atoms with van der Waals surface area (Å²) in [5.41, 5.74) is 8.87. The maximum atomic E-state index is 3.26. The van der Waals surface area contributed by atoms with Crippen LogP contribution >= 0.6 is 11.8 Å². The predicted molar refractivity (Wildman–Crippen MR) is 93.6 cm³/mol. The smallest absolute Gasteiger partial charge is 0.0487 e.